The molecule has 4 heteroatoms. The van der Waals surface area contributed by atoms with Gasteiger partial charge in [-0.1, -0.05) is 54.6 Å². The quantitative estimate of drug-likeness (QED) is 0.910. The van der Waals surface area contributed by atoms with Gasteiger partial charge in [-0.15, -0.1) is 12.4 Å². The Morgan fingerprint density at radius 1 is 1.05 bits per heavy atom. The molecule has 1 heterocycles. The van der Waals surface area contributed by atoms with Crippen molar-refractivity contribution in [3.05, 3.63) is 60.2 Å². The molecule has 0 aromatic heterocycles. The Kier molecular flexibility index (Phi) is 5.99. The van der Waals surface area contributed by atoms with Crippen LogP contribution in [0.4, 0.5) is 0 Å². The number of rotatable bonds is 4. The van der Waals surface area contributed by atoms with Crippen LogP contribution in [-0.4, -0.2) is 18.5 Å². The van der Waals surface area contributed by atoms with Crippen molar-refractivity contribution >= 4 is 18.3 Å². The molecule has 116 valence electrons. The first-order valence-corrected chi connectivity index (χ1v) is 7.48. The molecule has 1 aliphatic rings. The number of carbonyl (C=O) groups is 1. The second-order valence-electron chi connectivity index (χ2n) is 5.43. The van der Waals surface area contributed by atoms with Gasteiger partial charge in [0.05, 0.1) is 6.04 Å². The lowest BCUT2D eigenvalue weighted by atomic mass is 10.0. The van der Waals surface area contributed by atoms with Crippen molar-refractivity contribution in [1.82, 2.24) is 10.6 Å². The van der Waals surface area contributed by atoms with Gasteiger partial charge in [0.25, 0.3) is 0 Å². The lowest BCUT2D eigenvalue weighted by Crippen LogP contribution is -2.39. The Hall–Kier alpha value is -1.84. The Balaban J connectivity index is 0.00000176. The minimum absolute atomic E-state index is 0. The van der Waals surface area contributed by atoms with Gasteiger partial charge in [-0.3, -0.25) is 4.79 Å². The number of carbonyl (C=O) groups excluding carboxylic acids is 1. The van der Waals surface area contributed by atoms with Crippen LogP contribution in [0.15, 0.2) is 54.6 Å². The second kappa shape index (κ2) is 7.97. The SMILES string of the molecule is Cl.O=C(NCc1ccc(-c2ccccc2)cc1)C1CCCN1. The maximum Gasteiger partial charge on any atom is 0.237 e. The summed E-state index contributed by atoms with van der Waals surface area (Å²) in [7, 11) is 0. The Morgan fingerprint density at radius 2 is 1.73 bits per heavy atom. The Labute approximate surface area is 137 Å². The summed E-state index contributed by atoms with van der Waals surface area (Å²) in [6, 6.07) is 18.6. The molecular weight excluding hydrogens is 296 g/mol. The number of hydrogen-bond acceptors (Lipinski definition) is 2. The van der Waals surface area contributed by atoms with E-state index in [0.717, 1.165) is 24.9 Å². The summed E-state index contributed by atoms with van der Waals surface area (Å²) < 4.78 is 0. The van der Waals surface area contributed by atoms with Crippen LogP contribution in [0.1, 0.15) is 18.4 Å². The van der Waals surface area contributed by atoms with E-state index >= 15 is 0 Å². The maximum atomic E-state index is 11.9. The van der Waals surface area contributed by atoms with Gasteiger partial charge in [0.2, 0.25) is 5.91 Å². The summed E-state index contributed by atoms with van der Waals surface area (Å²) in [5, 5.41) is 6.21. The van der Waals surface area contributed by atoms with Crippen LogP contribution >= 0.6 is 12.4 Å². The van der Waals surface area contributed by atoms with Crippen LogP contribution < -0.4 is 10.6 Å². The predicted molar refractivity (Wildman–Crippen MR) is 92.0 cm³/mol. The van der Waals surface area contributed by atoms with E-state index in [0.29, 0.717) is 6.54 Å². The van der Waals surface area contributed by atoms with Gasteiger partial charge < -0.3 is 10.6 Å². The zero-order valence-corrected chi connectivity index (χ0v) is 13.2. The third-order valence-corrected chi connectivity index (χ3v) is 3.90. The van der Waals surface area contributed by atoms with Crippen LogP contribution in [0.5, 0.6) is 0 Å². The standard InChI is InChI=1S/C18H20N2O.ClH/c21-18(17-7-4-12-19-17)20-13-14-8-10-16(11-9-14)15-5-2-1-3-6-15;/h1-3,5-6,8-11,17,19H,4,7,12-13H2,(H,20,21);1H. The van der Waals surface area contributed by atoms with Crippen LogP contribution in [0.2, 0.25) is 0 Å². The van der Waals surface area contributed by atoms with E-state index in [1.54, 1.807) is 0 Å². The van der Waals surface area contributed by atoms with Gasteiger partial charge in [0, 0.05) is 6.54 Å². The number of halogens is 1. The summed E-state index contributed by atoms with van der Waals surface area (Å²) in [6.45, 7) is 1.54. The molecule has 0 spiro atoms. The van der Waals surface area contributed by atoms with Crippen LogP contribution in [0.3, 0.4) is 0 Å². The Morgan fingerprint density at radius 3 is 2.36 bits per heavy atom. The molecule has 2 aromatic rings. The first-order chi connectivity index (χ1) is 10.3. The molecule has 3 rings (SSSR count). The normalized spacial score (nSPS) is 16.8. The fourth-order valence-electron chi connectivity index (χ4n) is 2.67. The fourth-order valence-corrected chi connectivity index (χ4v) is 2.67. The number of nitrogens with one attached hydrogen (secondary N) is 2. The maximum absolute atomic E-state index is 11.9. The highest BCUT2D eigenvalue weighted by Gasteiger charge is 2.21. The molecule has 1 saturated heterocycles. The zero-order chi connectivity index (χ0) is 14.5. The van der Waals surface area contributed by atoms with Gasteiger partial charge in [-0.25, -0.2) is 0 Å². The van der Waals surface area contributed by atoms with Crippen molar-refractivity contribution in [2.45, 2.75) is 25.4 Å². The van der Waals surface area contributed by atoms with Gasteiger partial charge in [0.15, 0.2) is 0 Å². The van der Waals surface area contributed by atoms with Crippen molar-refractivity contribution in [3.63, 3.8) is 0 Å². The molecule has 1 unspecified atom stereocenters. The molecule has 2 aromatic carbocycles. The number of hydrogen-bond donors (Lipinski definition) is 2. The largest absolute Gasteiger partial charge is 0.351 e. The van der Waals surface area contributed by atoms with Gasteiger partial charge >= 0.3 is 0 Å². The Bertz CT molecular complexity index is 592. The van der Waals surface area contributed by atoms with E-state index in [4.69, 9.17) is 0 Å². The van der Waals surface area contributed by atoms with E-state index in [9.17, 15) is 4.79 Å². The van der Waals surface area contributed by atoms with Crippen molar-refractivity contribution in [2.24, 2.45) is 0 Å². The van der Waals surface area contributed by atoms with E-state index in [1.807, 2.05) is 18.2 Å². The van der Waals surface area contributed by atoms with Gasteiger partial charge in [-0.2, -0.15) is 0 Å². The minimum atomic E-state index is -0.00593. The van der Waals surface area contributed by atoms with Crippen LogP contribution in [0, 0.1) is 0 Å². The van der Waals surface area contributed by atoms with Gasteiger partial charge in [-0.05, 0) is 36.1 Å². The summed E-state index contributed by atoms with van der Waals surface area (Å²) in [6.07, 6.45) is 2.03. The summed E-state index contributed by atoms with van der Waals surface area (Å²) in [5.41, 5.74) is 3.53. The lowest BCUT2D eigenvalue weighted by Gasteiger charge is -2.11. The first-order valence-electron chi connectivity index (χ1n) is 7.48. The van der Waals surface area contributed by atoms with Crippen molar-refractivity contribution in [1.29, 1.82) is 0 Å². The van der Waals surface area contributed by atoms with Crippen LogP contribution in [-0.2, 0) is 11.3 Å². The highest BCUT2D eigenvalue weighted by Crippen LogP contribution is 2.19. The van der Waals surface area contributed by atoms with E-state index in [1.165, 1.54) is 11.1 Å². The monoisotopic (exact) mass is 316 g/mol. The fraction of sp³-hybridized carbons (Fsp3) is 0.278. The highest BCUT2D eigenvalue weighted by molar-refractivity contribution is 5.85. The van der Waals surface area contributed by atoms with Gasteiger partial charge in [0.1, 0.15) is 0 Å². The molecule has 0 saturated carbocycles. The number of benzene rings is 2. The summed E-state index contributed by atoms with van der Waals surface area (Å²) in [5.74, 6) is 0.111. The van der Waals surface area contributed by atoms with E-state index < -0.39 is 0 Å². The average molecular weight is 317 g/mol. The highest BCUT2D eigenvalue weighted by atomic mass is 35.5. The molecule has 1 atom stereocenters. The summed E-state index contributed by atoms with van der Waals surface area (Å²) >= 11 is 0. The zero-order valence-electron chi connectivity index (χ0n) is 12.4. The second-order valence-corrected chi connectivity index (χ2v) is 5.43. The molecule has 0 radical (unpaired) electrons. The molecule has 3 nitrogen and oxygen atoms in total. The molecule has 2 N–H and O–H groups in total. The minimum Gasteiger partial charge on any atom is -0.351 e. The number of amides is 1. The van der Waals surface area contributed by atoms with Crippen molar-refractivity contribution in [2.75, 3.05) is 6.54 Å². The third kappa shape index (κ3) is 4.09. The lowest BCUT2D eigenvalue weighted by molar-refractivity contribution is -0.122. The molecule has 22 heavy (non-hydrogen) atoms. The van der Waals surface area contributed by atoms with Crippen LogP contribution in [0.25, 0.3) is 11.1 Å². The van der Waals surface area contributed by atoms with E-state index in [2.05, 4.69) is 47.0 Å². The molecule has 0 aliphatic carbocycles. The predicted octanol–water partition coefficient (Wildman–Crippen LogP) is 3.14. The molecule has 1 fully saturated rings. The molecule has 1 amide bonds. The third-order valence-electron chi connectivity index (χ3n) is 3.90. The molecule has 1 aliphatic heterocycles. The molecular formula is C18H21ClN2O. The average Bonchev–Trinajstić information content (AvgIpc) is 3.08. The summed E-state index contributed by atoms with van der Waals surface area (Å²) in [4.78, 5) is 11.9. The molecule has 0 bridgehead atoms. The topological polar surface area (TPSA) is 41.1 Å². The van der Waals surface area contributed by atoms with Crippen molar-refractivity contribution in [3.8, 4) is 11.1 Å². The van der Waals surface area contributed by atoms with E-state index in [-0.39, 0.29) is 24.4 Å². The van der Waals surface area contributed by atoms with Crippen molar-refractivity contribution < 1.29 is 4.79 Å². The smallest absolute Gasteiger partial charge is 0.237 e. The first kappa shape index (κ1) is 16.5.